The van der Waals surface area contributed by atoms with Gasteiger partial charge in [0, 0.05) is 12.3 Å². The molecule has 0 bridgehead atoms. The molecule has 1 fully saturated rings. The first-order chi connectivity index (χ1) is 10.6. The Morgan fingerprint density at radius 1 is 1.41 bits per heavy atom. The highest BCUT2D eigenvalue weighted by atomic mass is 32.2. The van der Waals surface area contributed by atoms with Crippen molar-refractivity contribution in [1.29, 1.82) is 0 Å². The van der Waals surface area contributed by atoms with Gasteiger partial charge in [-0.25, -0.2) is 0 Å². The van der Waals surface area contributed by atoms with Crippen molar-refractivity contribution in [2.24, 2.45) is 0 Å². The molecule has 1 heterocycles. The van der Waals surface area contributed by atoms with Gasteiger partial charge >= 0.3 is 5.97 Å². The number of ether oxygens (including phenoxy) is 2. The topological polar surface area (TPSA) is 76.1 Å². The van der Waals surface area contributed by atoms with E-state index in [0.717, 1.165) is 5.75 Å². The largest absolute Gasteiger partial charge is 0.504 e. The summed E-state index contributed by atoms with van der Waals surface area (Å²) in [5, 5.41) is 9.50. The lowest BCUT2D eigenvalue weighted by molar-refractivity contribution is -0.148. The van der Waals surface area contributed by atoms with Gasteiger partial charge in [0.15, 0.2) is 11.5 Å². The van der Waals surface area contributed by atoms with Crippen LogP contribution in [0.5, 0.6) is 11.5 Å². The van der Waals surface area contributed by atoms with Gasteiger partial charge in [-0.05, 0) is 19.1 Å². The number of aromatic hydroxyl groups is 1. The van der Waals surface area contributed by atoms with Crippen LogP contribution in [0.25, 0.3) is 0 Å². The van der Waals surface area contributed by atoms with Crippen molar-refractivity contribution in [2.45, 2.75) is 18.7 Å². The summed E-state index contributed by atoms with van der Waals surface area (Å²) in [6.45, 7) is 2.81. The number of benzene rings is 1. The number of hydrogen-bond acceptors (Lipinski definition) is 6. The van der Waals surface area contributed by atoms with E-state index < -0.39 is 5.97 Å². The normalized spacial score (nSPS) is 17.3. The van der Waals surface area contributed by atoms with Gasteiger partial charge in [-0.15, -0.1) is 11.8 Å². The number of esters is 1. The molecule has 120 valence electrons. The summed E-state index contributed by atoms with van der Waals surface area (Å²) >= 11 is 1.59. The number of hydrogen-bond donors (Lipinski definition) is 1. The first-order valence-electron chi connectivity index (χ1n) is 7.09. The highest BCUT2D eigenvalue weighted by Crippen LogP contribution is 2.28. The minimum Gasteiger partial charge on any atom is -0.504 e. The molecular weight excluding hydrogens is 306 g/mol. The second kappa shape index (κ2) is 7.93. The molecule has 1 amide bonds. The zero-order valence-corrected chi connectivity index (χ0v) is 13.2. The Labute approximate surface area is 133 Å². The van der Waals surface area contributed by atoms with Crippen molar-refractivity contribution < 1.29 is 24.2 Å². The molecule has 0 spiro atoms. The summed E-state index contributed by atoms with van der Waals surface area (Å²) in [5.74, 6) is 0.477. The second-order valence-electron chi connectivity index (χ2n) is 4.67. The van der Waals surface area contributed by atoms with E-state index in [1.165, 1.54) is 0 Å². The van der Waals surface area contributed by atoms with E-state index in [-0.39, 0.29) is 36.7 Å². The van der Waals surface area contributed by atoms with E-state index in [9.17, 15) is 14.7 Å². The van der Waals surface area contributed by atoms with Crippen molar-refractivity contribution in [2.75, 3.05) is 25.5 Å². The fourth-order valence-electron chi connectivity index (χ4n) is 2.12. The van der Waals surface area contributed by atoms with Crippen LogP contribution in [0.4, 0.5) is 0 Å². The van der Waals surface area contributed by atoms with Crippen molar-refractivity contribution in [3.05, 3.63) is 24.3 Å². The van der Waals surface area contributed by atoms with Gasteiger partial charge in [0.2, 0.25) is 5.91 Å². The van der Waals surface area contributed by atoms with E-state index in [1.54, 1.807) is 47.9 Å². The number of rotatable bonds is 6. The summed E-state index contributed by atoms with van der Waals surface area (Å²) in [6, 6.07) is 6.68. The predicted molar refractivity (Wildman–Crippen MR) is 82.8 cm³/mol. The highest BCUT2D eigenvalue weighted by Gasteiger charge is 2.31. The molecule has 1 aromatic rings. The molecule has 1 unspecified atom stereocenters. The SMILES string of the molecule is CCOC(=O)CC(=O)N1CCSC1COc1ccccc1O. The average Bonchev–Trinajstić information content (AvgIpc) is 2.95. The zero-order valence-electron chi connectivity index (χ0n) is 12.4. The van der Waals surface area contributed by atoms with Crippen LogP contribution >= 0.6 is 11.8 Å². The van der Waals surface area contributed by atoms with Gasteiger partial charge in [0.25, 0.3) is 0 Å². The number of amides is 1. The number of para-hydroxylation sites is 2. The van der Waals surface area contributed by atoms with Crippen molar-refractivity contribution >= 4 is 23.6 Å². The Hall–Kier alpha value is -1.89. The lowest BCUT2D eigenvalue weighted by Crippen LogP contribution is -2.39. The second-order valence-corrected chi connectivity index (χ2v) is 5.96. The summed E-state index contributed by atoms with van der Waals surface area (Å²) in [6.07, 6.45) is -0.249. The molecule has 1 saturated heterocycles. The van der Waals surface area contributed by atoms with Gasteiger partial charge in [-0.1, -0.05) is 12.1 Å². The molecule has 1 aliphatic rings. The maximum absolute atomic E-state index is 12.1. The number of thioether (sulfide) groups is 1. The maximum atomic E-state index is 12.1. The standard InChI is InChI=1S/C15H19NO5S/c1-2-20-15(19)9-13(18)16-7-8-22-14(16)10-21-12-6-4-3-5-11(12)17/h3-6,14,17H,2,7-10H2,1H3. The van der Waals surface area contributed by atoms with E-state index in [4.69, 9.17) is 9.47 Å². The molecule has 22 heavy (non-hydrogen) atoms. The zero-order chi connectivity index (χ0) is 15.9. The maximum Gasteiger partial charge on any atom is 0.315 e. The smallest absolute Gasteiger partial charge is 0.315 e. The molecule has 0 aromatic heterocycles. The summed E-state index contributed by atoms with van der Waals surface area (Å²) in [5.41, 5.74) is 0. The molecule has 0 aliphatic carbocycles. The third-order valence-electron chi connectivity index (χ3n) is 3.16. The number of nitrogens with zero attached hydrogens (tertiary/aromatic N) is 1. The van der Waals surface area contributed by atoms with E-state index in [1.807, 2.05) is 0 Å². The number of carbonyl (C=O) groups excluding carboxylic acids is 2. The summed E-state index contributed by atoms with van der Waals surface area (Å²) in [4.78, 5) is 25.2. The van der Waals surface area contributed by atoms with Gasteiger partial charge in [0.1, 0.15) is 18.4 Å². The average molecular weight is 325 g/mol. The Morgan fingerprint density at radius 2 is 2.18 bits per heavy atom. The summed E-state index contributed by atoms with van der Waals surface area (Å²) in [7, 11) is 0. The molecule has 1 aliphatic heterocycles. The number of phenols is 1. The molecule has 6 nitrogen and oxygen atoms in total. The van der Waals surface area contributed by atoms with E-state index in [2.05, 4.69) is 0 Å². The lowest BCUT2D eigenvalue weighted by atomic mass is 10.3. The van der Waals surface area contributed by atoms with Crippen LogP contribution in [0.1, 0.15) is 13.3 Å². The Bertz CT molecular complexity index is 536. The lowest BCUT2D eigenvalue weighted by Gasteiger charge is -2.23. The third-order valence-corrected chi connectivity index (χ3v) is 4.35. The molecule has 2 rings (SSSR count). The molecule has 7 heteroatoms. The number of phenolic OH excluding ortho intramolecular Hbond substituents is 1. The van der Waals surface area contributed by atoms with E-state index >= 15 is 0 Å². The quantitative estimate of drug-likeness (QED) is 0.633. The van der Waals surface area contributed by atoms with Crippen LogP contribution in [0.2, 0.25) is 0 Å². The van der Waals surface area contributed by atoms with Gasteiger partial charge in [0.05, 0.1) is 6.61 Å². The van der Waals surface area contributed by atoms with Crippen LogP contribution in [-0.4, -0.2) is 52.8 Å². The molecule has 1 N–H and O–H groups in total. The minimum absolute atomic E-state index is 0.0647. The fraction of sp³-hybridized carbons (Fsp3) is 0.467. The van der Waals surface area contributed by atoms with Crippen molar-refractivity contribution in [1.82, 2.24) is 4.90 Å². The Balaban J connectivity index is 1.89. The van der Waals surface area contributed by atoms with Gasteiger partial charge < -0.3 is 19.5 Å². The predicted octanol–water partition coefficient (Wildman–Crippen LogP) is 1.63. The monoisotopic (exact) mass is 325 g/mol. The molecule has 0 radical (unpaired) electrons. The van der Waals surface area contributed by atoms with Gasteiger partial charge in [-0.3, -0.25) is 9.59 Å². The van der Waals surface area contributed by atoms with Crippen molar-refractivity contribution in [3.8, 4) is 11.5 Å². The Kier molecular flexibility index (Phi) is 5.94. The first-order valence-corrected chi connectivity index (χ1v) is 8.14. The highest BCUT2D eigenvalue weighted by molar-refractivity contribution is 8.00. The van der Waals surface area contributed by atoms with E-state index in [0.29, 0.717) is 12.3 Å². The molecule has 0 saturated carbocycles. The van der Waals surface area contributed by atoms with Crippen LogP contribution in [0.15, 0.2) is 24.3 Å². The number of carbonyl (C=O) groups is 2. The van der Waals surface area contributed by atoms with Crippen LogP contribution in [0, 0.1) is 0 Å². The van der Waals surface area contributed by atoms with Gasteiger partial charge in [-0.2, -0.15) is 0 Å². The first kappa shape index (κ1) is 16.5. The van der Waals surface area contributed by atoms with Crippen LogP contribution in [0.3, 0.4) is 0 Å². The molecule has 1 aromatic carbocycles. The Morgan fingerprint density at radius 3 is 2.91 bits per heavy atom. The molecular formula is C15H19NO5S. The fourth-order valence-corrected chi connectivity index (χ4v) is 3.26. The van der Waals surface area contributed by atoms with Crippen LogP contribution in [-0.2, 0) is 14.3 Å². The van der Waals surface area contributed by atoms with Crippen molar-refractivity contribution in [3.63, 3.8) is 0 Å². The molecule has 1 atom stereocenters. The summed E-state index contributed by atoms with van der Waals surface area (Å²) < 4.78 is 10.4. The third kappa shape index (κ3) is 4.30. The van der Waals surface area contributed by atoms with Crippen LogP contribution < -0.4 is 4.74 Å². The minimum atomic E-state index is -0.509.